The number of anilines is 1. The van der Waals surface area contributed by atoms with Crippen LogP contribution in [0.3, 0.4) is 0 Å². The SMILES string of the molecule is COCCN(C)C(=O)c1cnn(C)c1C(=O)Nc1ccn2nc(-c3ccccc3)nc2c1. The van der Waals surface area contributed by atoms with Crippen LogP contribution >= 0.6 is 0 Å². The van der Waals surface area contributed by atoms with Crippen LogP contribution in [0.2, 0.25) is 0 Å². The van der Waals surface area contributed by atoms with E-state index in [-0.39, 0.29) is 17.2 Å². The summed E-state index contributed by atoms with van der Waals surface area (Å²) in [7, 11) is 4.84. The third-order valence-electron chi connectivity index (χ3n) is 4.99. The molecule has 0 aliphatic carbocycles. The lowest BCUT2D eigenvalue weighted by Crippen LogP contribution is -2.31. The van der Waals surface area contributed by atoms with Crippen molar-refractivity contribution in [3.63, 3.8) is 0 Å². The monoisotopic (exact) mass is 433 g/mol. The van der Waals surface area contributed by atoms with Crippen molar-refractivity contribution in [2.45, 2.75) is 0 Å². The standard InChI is InChI=1S/C22H23N7O3/c1-27(11-12-32-3)22(31)17-14-23-28(2)19(17)21(30)24-16-9-10-29-18(13-16)25-20(26-29)15-7-5-4-6-8-15/h4-10,13-14H,11-12H2,1-3H3,(H,24,30). The van der Waals surface area contributed by atoms with Crippen LogP contribution in [0.25, 0.3) is 17.0 Å². The first-order valence-corrected chi connectivity index (χ1v) is 9.97. The highest BCUT2D eigenvalue weighted by molar-refractivity contribution is 6.11. The van der Waals surface area contributed by atoms with Gasteiger partial charge in [0.2, 0.25) is 0 Å². The molecule has 0 fully saturated rings. The molecule has 0 bridgehead atoms. The summed E-state index contributed by atoms with van der Waals surface area (Å²) in [6, 6.07) is 13.1. The van der Waals surface area contributed by atoms with E-state index in [1.54, 1.807) is 44.1 Å². The summed E-state index contributed by atoms with van der Waals surface area (Å²) in [5, 5.41) is 11.4. The Labute approximate surface area is 184 Å². The van der Waals surface area contributed by atoms with Crippen LogP contribution in [0.4, 0.5) is 5.69 Å². The molecule has 1 aromatic carbocycles. The zero-order chi connectivity index (χ0) is 22.7. The van der Waals surface area contributed by atoms with Crippen molar-refractivity contribution in [1.29, 1.82) is 0 Å². The second-order valence-electron chi connectivity index (χ2n) is 7.22. The van der Waals surface area contributed by atoms with Gasteiger partial charge >= 0.3 is 0 Å². The Balaban J connectivity index is 1.57. The largest absolute Gasteiger partial charge is 0.383 e. The predicted molar refractivity (Wildman–Crippen MR) is 118 cm³/mol. The fraction of sp³-hybridized carbons (Fsp3) is 0.227. The minimum absolute atomic E-state index is 0.172. The van der Waals surface area contributed by atoms with E-state index in [0.717, 1.165) is 5.56 Å². The van der Waals surface area contributed by atoms with Crippen molar-refractivity contribution < 1.29 is 14.3 Å². The number of carbonyl (C=O) groups excluding carboxylic acids is 2. The van der Waals surface area contributed by atoms with Crippen molar-refractivity contribution in [2.24, 2.45) is 7.05 Å². The van der Waals surface area contributed by atoms with Crippen LogP contribution in [0.1, 0.15) is 20.8 Å². The maximum Gasteiger partial charge on any atom is 0.274 e. The number of fused-ring (bicyclic) bond motifs is 1. The lowest BCUT2D eigenvalue weighted by atomic mass is 10.2. The number of aromatic nitrogens is 5. The molecule has 0 unspecified atom stereocenters. The van der Waals surface area contributed by atoms with Gasteiger partial charge in [-0.1, -0.05) is 30.3 Å². The van der Waals surface area contributed by atoms with Gasteiger partial charge in [-0.3, -0.25) is 14.3 Å². The molecule has 32 heavy (non-hydrogen) atoms. The molecule has 4 aromatic rings. The number of hydrogen-bond donors (Lipinski definition) is 1. The number of hydrogen-bond acceptors (Lipinski definition) is 6. The maximum atomic E-state index is 13.0. The summed E-state index contributed by atoms with van der Waals surface area (Å²) in [5.74, 6) is -0.158. The van der Waals surface area contributed by atoms with Crippen molar-refractivity contribution >= 4 is 23.1 Å². The van der Waals surface area contributed by atoms with E-state index >= 15 is 0 Å². The van der Waals surface area contributed by atoms with E-state index in [1.807, 2.05) is 30.3 Å². The first kappa shape index (κ1) is 21.2. The van der Waals surface area contributed by atoms with Gasteiger partial charge in [0, 0.05) is 51.3 Å². The number of likely N-dealkylation sites (N-methyl/N-ethyl adjacent to an activating group) is 1. The van der Waals surface area contributed by atoms with Crippen LogP contribution in [0, 0.1) is 0 Å². The van der Waals surface area contributed by atoms with E-state index in [0.29, 0.717) is 30.3 Å². The van der Waals surface area contributed by atoms with E-state index in [2.05, 4.69) is 20.5 Å². The van der Waals surface area contributed by atoms with Crippen molar-refractivity contribution in [3.8, 4) is 11.4 Å². The molecule has 0 aliphatic heterocycles. The highest BCUT2D eigenvalue weighted by Crippen LogP contribution is 2.19. The molecule has 2 amide bonds. The second kappa shape index (κ2) is 8.98. The zero-order valence-corrected chi connectivity index (χ0v) is 18.0. The van der Waals surface area contributed by atoms with Crippen molar-refractivity contribution in [3.05, 3.63) is 66.1 Å². The third kappa shape index (κ3) is 4.21. The number of aryl methyl sites for hydroxylation is 1. The van der Waals surface area contributed by atoms with Crippen LogP contribution in [0.5, 0.6) is 0 Å². The quantitative estimate of drug-likeness (QED) is 0.478. The third-order valence-corrected chi connectivity index (χ3v) is 4.99. The van der Waals surface area contributed by atoms with Crippen molar-refractivity contribution in [1.82, 2.24) is 29.3 Å². The fourth-order valence-electron chi connectivity index (χ4n) is 3.26. The lowest BCUT2D eigenvalue weighted by molar-refractivity contribution is 0.0740. The first-order chi connectivity index (χ1) is 15.5. The van der Waals surface area contributed by atoms with Crippen LogP contribution < -0.4 is 5.32 Å². The zero-order valence-electron chi connectivity index (χ0n) is 18.0. The van der Waals surface area contributed by atoms with Gasteiger partial charge in [0.15, 0.2) is 11.5 Å². The number of benzene rings is 1. The molecule has 0 saturated heterocycles. The van der Waals surface area contributed by atoms with Gasteiger partial charge in [-0.05, 0) is 6.07 Å². The number of amides is 2. The Hall–Kier alpha value is -4.05. The van der Waals surface area contributed by atoms with Crippen LogP contribution in [-0.2, 0) is 11.8 Å². The van der Waals surface area contributed by atoms with E-state index < -0.39 is 5.91 Å². The van der Waals surface area contributed by atoms with Gasteiger partial charge in [0.1, 0.15) is 5.69 Å². The molecule has 0 aliphatic rings. The first-order valence-electron chi connectivity index (χ1n) is 9.97. The van der Waals surface area contributed by atoms with Crippen LogP contribution in [0.15, 0.2) is 54.9 Å². The van der Waals surface area contributed by atoms with Gasteiger partial charge in [0.25, 0.3) is 11.8 Å². The second-order valence-corrected chi connectivity index (χ2v) is 7.22. The molecule has 0 atom stereocenters. The molecule has 1 N–H and O–H groups in total. The fourth-order valence-corrected chi connectivity index (χ4v) is 3.26. The maximum absolute atomic E-state index is 13.0. The van der Waals surface area contributed by atoms with Gasteiger partial charge in [0.05, 0.1) is 18.4 Å². The minimum atomic E-state index is -0.444. The number of pyridine rings is 1. The number of nitrogens with one attached hydrogen (secondary N) is 1. The summed E-state index contributed by atoms with van der Waals surface area (Å²) in [4.78, 5) is 31.8. The number of nitrogens with zero attached hydrogens (tertiary/aromatic N) is 6. The molecule has 164 valence electrons. The van der Waals surface area contributed by atoms with Gasteiger partial charge in [-0.15, -0.1) is 5.10 Å². The Morgan fingerprint density at radius 3 is 2.72 bits per heavy atom. The number of ether oxygens (including phenoxy) is 1. The van der Waals surface area contributed by atoms with Gasteiger partial charge < -0.3 is 15.0 Å². The molecule has 0 radical (unpaired) electrons. The average molecular weight is 433 g/mol. The molecular formula is C22H23N7O3. The van der Waals surface area contributed by atoms with Gasteiger partial charge in [-0.25, -0.2) is 9.50 Å². The van der Waals surface area contributed by atoms with E-state index in [4.69, 9.17) is 4.74 Å². The molecule has 10 heteroatoms. The molecule has 3 heterocycles. The Bertz CT molecular complexity index is 1260. The Morgan fingerprint density at radius 1 is 1.19 bits per heavy atom. The smallest absolute Gasteiger partial charge is 0.274 e. The lowest BCUT2D eigenvalue weighted by Gasteiger charge is -2.16. The van der Waals surface area contributed by atoms with Gasteiger partial charge in [-0.2, -0.15) is 5.10 Å². The molecule has 0 saturated carbocycles. The Morgan fingerprint density at radius 2 is 1.97 bits per heavy atom. The minimum Gasteiger partial charge on any atom is -0.383 e. The molecule has 0 spiro atoms. The highest BCUT2D eigenvalue weighted by atomic mass is 16.5. The summed E-state index contributed by atoms with van der Waals surface area (Å²) in [6.07, 6.45) is 3.12. The van der Waals surface area contributed by atoms with Crippen LogP contribution in [-0.4, -0.2) is 68.4 Å². The number of methoxy groups -OCH3 is 1. The summed E-state index contributed by atoms with van der Waals surface area (Å²) < 4.78 is 8.04. The topological polar surface area (TPSA) is 107 Å². The van der Waals surface area contributed by atoms with E-state index in [1.165, 1.54) is 15.8 Å². The predicted octanol–water partition coefficient (Wildman–Crippen LogP) is 2.10. The molecule has 3 aromatic heterocycles. The van der Waals surface area contributed by atoms with E-state index in [9.17, 15) is 9.59 Å². The summed E-state index contributed by atoms with van der Waals surface area (Å²) in [6.45, 7) is 0.798. The summed E-state index contributed by atoms with van der Waals surface area (Å²) >= 11 is 0. The molecule has 4 rings (SSSR count). The van der Waals surface area contributed by atoms with Crippen molar-refractivity contribution in [2.75, 3.05) is 32.6 Å². The molecule has 10 nitrogen and oxygen atoms in total. The average Bonchev–Trinajstić information content (AvgIpc) is 3.40. The summed E-state index contributed by atoms with van der Waals surface area (Å²) in [5.41, 5.74) is 2.41. The Kier molecular flexibility index (Phi) is 5.95. The number of rotatable bonds is 7. The normalized spacial score (nSPS) is 11.0. The molecular weight excluding hydrogens is 410 g/mol. The number of carbonyl (C=O) groups is 2. The highest BCUT2D eigenvalue weighted by Gasteiger charge is 2.24.